The molecule has 2 aliphatic rings. The van der Waals surface area contributed by atoms with Crippen molar-refractivity contribution >= 4 is 10.2 Å². The summed E-state index contributed by atoms with van der Waals surface area (Å²) < 4.78 is 35.2. The van der Waals surface area contributed by atoms with Gasteiger partial charge in [0.05, 0.1) is 12.2 Å². The summed E-state index contributed by atoms with van der Waals surface area (Å²) in [6, 6.07) is 7.94. The van der Waals surface area contributed by atoms with Gasteiger partial charge in [0.2, 0.25) is 0 Å². The smallest absolute Gasteiger partial charge is 0.280 e. The molecule has 0 saturated carbocycles. The summed E-state index contributed by atoms with van der Waals surface area (Å²) in [5.41, 5.74) is 2.35. The van der Waals surface area contributed by atoms with Gasteiger partial charge >= 0.3 is 0 Å². The number of hydrogen-bond acceptors (Lipinski definition) is 3. The van der Waals surface area contributed by atoms with E-state index >= 15 is 0 Å². The Bertz CT molecular complexity index is 607. The third-order valence-corrected chi connectivity index (χ3v) is 5.71. The van der Waals surface area contributed by atoms with Gasteiger partial charge in [-0.25, -0.2) is 0 Å². The maximum absolute atomic E-state index is 12.6. The van der Waals surface area contributed by atoms with E-state index in [-0.39, 0.29) is 18.2 Å². The first kappa shape index (κ1) is 15.0. The molecule has 3 unspecified atom stereocenters. The van der Waals surface area contributed by atoms with E-state index in [1.54, 1.807) is 0 Å². The van der Waals surface area contributed by atoms with E-state index in [0.29, 0.717) is 13.1 Å². The second-order valence-electron chi connectivity index (χ2n) is 5.99. The van der Waals surface area contributed by atoms with E-state index in [2.05, 4.69) is 10.8 Å². The SMILES string of the molecule is CC1CN(S(=O)(=O)NC2CCc3ccccc32)CC(C)O1. The zero-order valence-corrected chi connectivity index (χ0v) is 13.3. The maximum atomic E-state index is 12.6. The van der Waals surface area contributed by atoms with E-state index in [1.165, 1.54) is 9.87 Å². The normalized spacial score (nSPS) is 30.3. The van der Waals surface area contributed by atoms with Gasteiger partial charge in [-0.05, 0) is 37.8 Å². The highest BCUT2D eigenvalue weighted by atomic mass is 32.2. The first-order valence-corrected chi connectivity index (χ1v) is 8.90. The van der Waals surface area contributed by atoms with E-state index in [4.69, 9.17) is 4.74 Å². The lowest BCUT2D eigenvalue weighted by atomic mass is 10.1. The van der Waals surface area contributed by atoms with Gasteiger partial charge in [0, 0.05) is 19.1 Å². The van der Waals surface area contributed by atoms with Crippen LogP contribution in [0, 0.1) is 0 Å². The lowest BCUT2D eigenvalue weighted by molar-refractivity contribution is -0.0444. The minimum Gasteiger partial charge on any atom is -0.373 e. The Labute approximate surface area is 126 Å². The molecule has 0 bridgehead atoms. The molecule has 0 aromatic heterocycles. The molecule has 5 nitrogen and oxygen atoms in total. The van der Waals surface area contributed by atoms with Crippen LogP contribution < -0.4 is 4.72 Å². The maximum Gasteiger partial charge on any atom is 0.280 e. The van der Waals surface area contributed by atoms with Crippen LogP contribution in [0.3, 0.4) is 0 Å². The fourth-order valence-corrected chi connectivity index (χ4v) is 4.83. The molecule has 1 aliphatic heterocycles. The van der Waals surface area contributed by atoms with Gasteiger partial charge in [-0.2, -0.15) is 17.4 Å². The number of rotatable bonds is 3. The summed E-state index contributed by atoms with van der Waals surface area (Å²) in [5, 5.41) is 0. The van der Waals surface area contributed by atoms with Crippen LogP contribution >= 0.6 is 0 Å². The molecule has 1 saturated heterocycles. The Morgan fingerprint density at radius 3 is 2.57 bits per heavy atom. The number of hydrogen-bond donors (Lipinski definition) is 1. The van der Waals surface area contributed by atoms with Crippen molar-refractivity contribution in [2.24, 2.45) is 0 Å². The summed E-state index contributed by atoms with van der Waals surface area (Å²) in [5.74, 6) is 0. The summed E-state index contributed by atoms with van der Waals surface area (Å²) in [6.45, 7) is 4.63. The van der Waals surface area contributed by atoms with Gasteiger partial charge in [-0.3, -0.25) is 0 Å². The second kappa shape index (κ2) is 5.68. The minimum absolute atomic E-state index is 0.0683. The fraction of sp³-hybridized carbons (Fsp3) is 0.600. The molecule has 3 atom stereocenters. The average molecular weight is 310 g/mol. The number of nitrogens with one attached hydrogen (secondary N) is 1. The number of ether oxygens (including phenoxy) is 1. The topological polar surface area (TPSA) is 58.6 Å². The van der Waals surface area contributed by atoms with Crippen molar-refractivity contribution in [3.05, 3.63) is 35.4 Å². The quantitative estimate of drug-likeness (QED) is 0.923. The van der Waals surface area contributed by atoms with Gasteiger partial charge in [0.15, 0.2) is 0 Å². The average Bonchev–Trinajstić information content (AvgIpc) is 2.81. The van der Waals surface area contributed by atoms with Gasteiger partial charge in [0.25, 0.3) is 10.2 Å². The zero-order valence-electron chi connectivity index (χ0n) is 12.5. The van der Waals surface area contributed by atoms with Crippen LogP contribution in [0.2, 0.25) is 0 Å². The summed E-state index contributed by atoms with van der Waals surface area (Å²) in [4.78, 5) is 0. The molecular formula is C15H22N2O3S. The summed E-state index contributed by atoms with van der Waals surface area (Å²) in [7, 11) is -3.47. The minimum atomic E-state index is -3.47. The van der Waals surface area contributed by atoms with Crippen LogP contribution in [-0.4, -0.2) is 38.0 Å². The van der Waals surface area contributed by atoms with Crippen molar-refractivity contribution in [1.29, 1.82) is 0 Å². The van der Waals surface area contributed by atoms with Gasteiger partial charge < -0.3 is 4.74 Å². The van der Waals surface area contributed by atoms with Crippen molar-refractivity contribution < 1.29 is 13.2 Å². The van der Waals surface area contributed by atoms with Crippen molar-refractivity contribution in [2.45, 2.75) is 44.9 Å². The van der Waals surface area contributed by atoms with Gasteiger partial charge in [-0.1, -0.05) is 24.3 Å². The summed E-state index contributed by atoms with van der Waals surface area (Å²) in [6.07, 6.45) is 1.62. The van der Waals surface area contributed by atoms with Crippen molar-refractivity contribution in [3.8, 4) is 0 Å². The first-order chi connectivity index (χ1) is 9.95. The van der Waals surface area contributed by atoms with Crippen LogP contribution in [0.25, 0.3) is 0 Å². The number of aryl methyl sites for hydroxylation is 1. The molecular weight excluding hydrogens is 288 g/mol. The molecule has 1 aromatic carbocycles. The van der Waals surface area contributed by atoms with E-state index < -0.39 is 10.2 Å². The Balaban J connectivity index is 1.75. The molecule has 1 heterocycles. The standard InChI is InChI=1S/C15H22N2O3S/c1-11-9-17(10-12(2)20-11)21(18,19)16-15-8-7-13-5-3-4-6-14(13)15/h3-6,11-12,15-16H,7-10H2,1-2H3. The van der Waals surface area contributed by atoms with Crippen molar-refractivity contribution in [2.75, 3.05) is 13.1 Å². The molecule has 0 radical (unpaired) electrons. The van der Waals surface area contributed by atoms with Crippen LogP contribution in [-0.2, 0) is 21.4 Å². The molecule has 0 spiro atoms. The van der Waals surface area contributed by atoms with Gasteiger partial charge in [0.1, 0.15) is 0 Å². The first-order valence-electron chi connectivity index (χ1n) is 7.46. The number of fused-ring (bicyclic) bond motifs is 1. The Hall–Kier alpha value is -0.950. The fourth-order valence-electron chi connectivity index (χ4n) is 3.26. The van der Waals surface area contributed by atoms with Crippen LogP contribution in [0.5, 0.6) is 0 Å². The molecule has 1 fully saturated rings. The highest BCUT2D eigenvalue weighted by Crippen LogP contribution is 2.31. The van der Waals surface area contributed by atoms with Crippen LogP contribution in [0.15, 0.2) is 24.3 Å². The zero-order chi connectivity index (χ0) is 15.0. The number of nitrogens with zero attached hydrogens (tertiary/aromatic N) is 1. The van der Waals surface area contributed by atoms with Gasteiger partial charge in [-0.15, -0.1) is 0 Å². The molecule has 1 aromatic rings. The van der Waals surface area contributed by atoms with E-state index in [9.17, 15) is 8.42 Å². The molecule has 1 N–H and O–H groups in total. The van der Waals surface area contributed by atoms with Crippen LogP contribution in [0.4, 0.5) is 0 Å². The number of benzene rings is 1. The second-order valence-corrected chi connectivity index (χ2v) is 7.69. The highest BCUT2D eigenvalue weighted by molar-refractivity contribution is 7.87. The van der Waals surface area contributed by atoms with E-state index in [1.807, 2.05) is 32.0 Å². The molecule has 21 heavy (non-hydrogen) atoms. The predicted molar refractivity (Wildman–Crippen MR) is 81.1 cm³/mol. The Kier molecular flexibility index (Phi) is 4.05. The van der Waals surface area contributed by atoms with Crippen molar-refractivity contribution in [1.82, 2.24) is 9.03 Å². The largest absolute Gasteiger partial charge is 0.373 e. The predicted octanol–water partition coefficient (Wildman–Crippen LogP) is 1.62. The molecule has 116 valence electrons. The molecule has 3 rings (SSSR count). The number of morpholine rings is 1. The van der Waals surface area contributed by atoms with E-state index in [0.717, 1.165) is 18.4 Å². The molecule has 1 aliphatic carbocycles. The third kappa shape index (κ3) is 3.13. The van der Waals surface area contributed by atoms with Crippen molar-refractivity contribution in [3.63, 3.8) is 0 Å². The molecule has 0 amide bonds. The third-order valence-electron chi connectivity index (χ3n) is 4.15. The summed E-state index contributed by atoms with van der Waals surface area (Å²) >= 11 is 0. The lowest BCUT2D eigenvalue weighted by Gasteiger charge is -2.35. The molecule has 6 heteroatoms. The lowest BCUT2D eigenvalue weighted by Crippen LogP contribution is -2.52. The van der Waals surface area contributed by atoms with Crippen LogP contribution in [0.1, 0.15) is 37.4 Å². The Morgan fingerprint density at radius 1 is 1.19 bits per heavy atom. The Morgan fingerprint density at radius 2 is 1.86 bits per heavy atom. The highest BCUT2D eigenvalue weighted by Gasteiger charge is 2.34. The monoisotopic (exact) mass is 310 g/mol.